The molecule has 1 fully saturated rings. The Hall–Kier alpha value is -1.83. The van der Waals surface area contributed by atoms with E-state index in [2.05, 4.69) is 5.32 Å². The second kappa shape index (κ2) is 6.56. The molecule has 0 aromatic heterocycles. The van der Waals surface area contributed by atoms with Crippen molar-refractivity contribution in [1.82, 2.24) is 10.2 Å². The van der Waals surface area contributed by atoms with Crippen LogP contribution in [0.1, 0.15) is 20.3 Å². The van der Waals surface area contributed by atoms with Gasteiger partial charge in [0.05, 0.1) is 6.61 Å². The highest BCUT2D eigenvalue weighted by molar-refractivity contribution is 5.88. The van der Waals surface area contributed by atoms with Crippen molar-refractivity contribution in [2.75, 3.05) is 26.3 Å². The van der Waals surface area contributed by atoms with Crippen molar-refractivity contribution in [3.63, 3.8) is 0 Å². The highest BCUT2D eigenvalue weighted by atomic mass is 16.5. The third-order valence-electron chi connectivity index (χ3n) is 3.00. The molecular formula is C12H21N3O5. The van der Waals surface area contributed by atoms with Gasteiger partial charge >= 0.3 is 12.0 Å². The number of amides is 3. The van der Waals surface area contributed by atoms with Crippen molar-refractivity contribution < 1.29 is 24.2 Å². The molecule has 1 unspecified atom stereocenters. The number of nitrogens with zero attached hydrogens (tertiary/aromatic N) is 1. The number of carbonyl (C=O) groups is 3. The van der Waals surface area contributed by atoms with Crippen LogP contribution in [-0.4, -0.2) is 59.8 Å². The Morgan fingerprint density at radius 3 is 2.50 bits per heavy atom. The first kappa shape index (κ1) is 16.2. The van der Waals surface area contributed by atoms with Gasteiger partial charge in [0.1, 0.15) is 6.54 Å². The van der Waals surface area contributed by atoms with Gasteiger partial charge in [0.2, 0.25) is 5.91 Å². The van der Waals surface area contributed by atoms with E-state index in [1.54, 1.807) is 0 Å². The second-order valence-electron chi connectivity index (χ2n) is 5.36. The molecule has 0 bridgehead atoms. The van der Waals surface area contributed by atoms with Crippen molar-refractivity contribution in [3.05, 3.63) is 0 Å². The molecular weight excluding hydrogens is 266 g/mol. The monoisotopic (exact) mass is 287 g/mol. The predicted molar refractivity (Wildman–Crippen MR) is 69.9 cm³/mol. The summed E-state index contributed by atoms with van der Waals surface area (Å²) in [6.45, 7) is 4.01. The maximum atomic E-state index is 12.2. The molecule has 4 N–H and O–H groups in total. The summed E-state index contributed by atoms with van der Waals surface area (Å²) in [5.74, 6) is -1.67. The molecule has 0 spiro atoms. The largest absolute Gasteiger partial charge is 0.479 e. The first-order chi connectivity index (χ1) is 9.27. The number of urea groups is 1. The summed E-state index contributed by atoms with van der Waals surface area (Å²) >= 11 is 0. The van der Waals surface area contributed by atoms with E-state index in [9.17, 15) is 19.5 Å². The molecule has 0 saturated carbocycles. The zero-order valence-electron chi connectivity index (χ0n) is 11.7. The van der Waals surface area contributed by atoms with Gasteiger partial charge in [-0.3, -0.25) is 4.79 Å². The van der Waals surface area contributed by atoms with Gasteiger partial charge in [-0.25, -0.2) is 9.59 Å². The minimum absolute atomic E-state index is 0.0832. The average molecular weight is 287 g/mol. The van der Waals surface area contributed by atoms with Crippen LogP contribution in [0.4, 0.5) is 4.79 Å². The Bertz CT molecular complexity index is 391. The Morgan fingerprint density at radius 2 is 2.10 bits per heavy atom. The highest BCUT2D eigenvalue weighted by Crippen LogP contribution is 2.19. The lowest BCUT2D eigenvalue weighted by Crippen LogP contribution is -2.59. The summed E-state index contributed by atoms with van der Waals surface area (Å²) in [4.78, 5) is 35.7. The Labute approximate surface area is 117 Å². The number of primary amides is 1. The van der Waals surface area contributed by atoms with Gasteiger partial charge in [-0.05, 0) is 5.92 Å². The van der Waals surface area contributed by atoms with Gasteiger partial charge < -0.3 is 25.8 Å². The number of aliphatic carboxylic acids is 1. The molecule has 1 rings (SSSR count). The molecule has 114 valence electrons. The minimum Gasteiger partial charge on any atom is -0.479 e. The van der Waals surface area contributed by atoms with E-state index < -0.39 is 23.4 Å². The number of hydrogen-bond donors (Lipinski definition) is 3. The molecule has 1 aliphatic rings. The fourth-order valence-electron chi connectivity index (χ4n) is 2.02. The lowest BCUT2D eigenvalue weighted by Gasteiger charge is -2.29. The van der Waals surface area contributed by atoms with Gasteiger partial charge in [-0.1, -0.05) is 13.8 Å². The lowest BCUT2D eigenvalue weighted by molar-refractivity contribution is -0.144. The van der Waals surface area contributed by atoms with Gasteiger partial charge in [0, 0.05) is 19.6 Å². The number of hydrogen-bond acceptors (Lipinski definition) is 4. The van der Waals surface area contributed by atoms with Crippen LogP contribution in [0, 0.1) is 5.92 Å². The number of carbonyl (C=O) groups excluding carboxylic acids is 2. The summed E-state index contributed by atoms with van der Waals surface area (Å²) < 4.78 is 5.06. The molecule has 3 amide bonds. The third-order valence-corrected chi connectivity index (χ3v) is 3.00. The Kier molecular flexibility index (Phi) is 5.32. The molecule has 0 aliphatic carbocycles. The van der Waals surface area contributed by atoms with E-state index in [0.29, 0.717) is 6.54 Å². The SMILES string of the molecule is CC(C)CN(CC(N)=O)C(=O)NC1(C(=O)O)CCOC1. The quantitative estimate of drug-likeness (QED) is 0.601. The molecule has 0 aromatic carbocycles. The van der Waals surface area contributed by atoms with Crippen molar-refractivity contribution in [1.29, 1.82) is 0 Å². The number of carboxylic acids is 1. The number of nitrogens with one attached hydrogen (secondary N) is 1. The summed E-state index contributed by atoms with van der Waals surface area (Å²) in [6.07, 6.45) is 0.195. The lowest BCUT2D eigenvalue weighted by atomic mass is 9.99. The zero-order valence-corrected chi connectivity index (χ0v) is 11.7. The van der Waals surface area contributed by atoms with Crippen LogP contribution < -0.4 is 11.1 Å². The van der Waals surface area contributed by atoms with Crippen LogP contribution in [0.15, 0.2) is 0 Å². The van der Waals surface area contributed by atoms with Crippen molar-refractivity contribution in [2.45, 2.75) is 25.8 Å². The fourth-order valence-corrected chi connectivity index (χ4v) is 2.02. The van der Waals surface area contributed by atoms with Crippen molar-refractivity contribution in [2.24, 2.45) is 11.7 Å². The van der Waals surface area contributed by atoms with E-state index in [1.807, 2.05) is 13.8 Å². The number of carboxylic acid groups (broad SMARTS) is 1. The highest BCUT2D eigenvalue weighted by Gasteiger charge is 2.44. The van der Waals surface area contributed by atoms with Gasteiger partial charge in [0.15, 0.2) is 5.54 Å². The van der Waals surface area contributed by atoms with Crippen molar-refractivity contribution in [3.8, 4) is 0 Å². The number of nitrogens with two attached hydrogens (primary N) is 1. The second-order valence-corrected chi connectivity index (χ2v) is 5.36. The maximum absolute atomic E-state index is 12.2. The molecule has 1 aliphatic heterocycles. The molecule has 0 aromatic rings. The van der Waals surface area contributed by atoms with Crippen LogP contribution >= 0.6 is 0 Å². The van der Waals surface area contributed by atoms with Crippen molar-refractivity contribution >= 4 is 17.9 Å². The molecule has 8 nitrogen and oxygen atoms in total. The molecule has 20 heavy (non-hydrogen) atoms. The van der Waals surface area contributed by atoms with Crippen LogP contribution in [-0.2, 0) is 14.3 Å². The van der Waals surface area contributed by atoms with Crippen LogP contribution in [0.2, 0.25) is 0 Å². The van der Waals surface area contributed by atoms with E-state index in [-0.39, 0.29) is 32.1 Å². The van der Waals surface area contributed by atoms with Crippen LogP contribution in [0.5, 0.6) is 0 Å². The van der Waals surface area contributed by atoms with Gasteiger partial charge in [-0.15, -0.1) is 0 Å². The molecule has 1 saturated heterocycles. The first-order valence-corrected chi connectivity index (χ1v) is 6.43. The van der Waals surface area contributed by atoms with Crippen LogP contribution in [0.25, 0.3) is 0 Å². The Balaban J connectivity index is 2.78. The predicted octanol–water partition coefficient (Wildman–Crippen LogP) is -0.617. The zero-order chi connectivity index (χ0) is 15.3. The Morgan fingerprint density at radius 1 is 1.45 bits per heavy atom. The van der Waals surface area contributed by atoms with E-state index in [1.165, 1.54) is 4.90 Å². The maximum Gasteiger partial charge on any atom is 0.332 e. The molecule has 1 heterocycles. The minimum atomic E-state index is -1.43. The normalized spacial score (nSPS) is 21.8. The smallest absolute Gasteiger partial charge is 0.332 e. The van der Waals surface area contributed by atoms with Crippen LogP contribution in [0.3, 0.4) is 0 Å². The molecule has 0 radical (unpaired) electrons. The van der Waals surface area contributed by atoms with E-state index in [0.717, 1.165) is 0 Å². The third kappa shape index (κ3) is 4.09. The summed E-state index contributed by atoms with van der Waals surface area (Å²) in [5, 5.41) is 11.7. The van der Waals surface area contributed by atoms with Gasteiger partial charge in [-0.2, -0.15) is 0 Å². The number of rotatable bonds is 6. The van der Waals surface area contributed by atoms with Gasteiger partial charge in [0.25, 0.3) is 0 Å². The number of ether oxygens (including phenoxy) is 1. The summed E-state index contributed by atoms with van der Waals surface area (Å²) in [5.41, 5.74) is 3.68. The first-order valence-electron chi connectivity index (χ1n) is 6.43. The molecule has 1 atom stereocenters. The standard InChI is InChI=1S/C12H21N3O5/c1-8(2)5-15(6-9(13)16)11(19)14-12(10(17)18)3-4-20-7-12/h8H,3-7H2,1-2H3,(H2,13,16)(H,14,19)(H,17,18). The topological polar surface area (TPSA) is 122 Å². The fraction of sp³-hybridized carbons (Fsp3) is 0.750. The average Bonchev–Trinajstić information content (AvgIpc) is 2.76. The molecule has 8 heteroatoms. The summed E-state index contributed by atoms with van der Waals surface area (Å²) in [6, 6.07) is -0.620. The van der Waals surface area contributed by atoms with E-state index in [4.69, 9.17) is 10.5 Å². The van der Waals surface area contributed by atoms with E-state index >= 15 is 0 Å². The summed E-state index contributed by atoms with van der Waals surface area (Å²) in [7, 11) is 0.